The summed E-state index contributed by atoms with van der Waals surface area (Å²) in [5.74, 6) is -0.627. The van der Waals surface area contributed by atoms with Crippen molar-refractivity contribution < 1.29 is 22.8 Å². The Hall–Kier alpha value is -3.57. The second-order valence-corrected chi connectivity index (χ2v) is 7.40. The number of aromatic nitrogens is 2. The fraction of sp³-hybridized carbons (Fsp3) is 0.368. The number of fused-ring (bicyclic) bond motifs is 4. The third kappa shape index (κ3) is 4.05. The first kappa shape index (κ1) is 20.7. The highest BCUT2D eigenvalue weighted by Crippen LogP contribution is 2.39. The molecule has 1 fully saturated rings. The first-order chi connectivity index (χ1) is 14.6. The van der Waals surface area contributed by atoms with Crippen molar-refractivity contribution >= 4 is 29.3 Å². The fourth-order valence-corrected chi connectivity index (χ4v) is 3.64. The molecule has 2 aliphatic heterocycles. The van der Waals surface area contributed by atoms with Crippen molar-refractivity contribution in [2.24, 2.45) is 0 Å². The van der Waals surface area contributed by atoms with E-state index >= 15 is 0 Å². The number of rotatable bonds is 3. The Morgan fingerprint density at radius 2 is 2.06 bits per heavy atom. The quantitative estimate of drug-likeness (QED) is 0.683. The van der Waals surface area contributed by atoms with E-state index in [1.54, 1.807) is 6.07 Å². The summed E-state index contributed by atoms with van der Waals surface area (Å²) in [6.45, 7) is 2.06. The Morgan fingerprint density at radius 3 is 2.77 bits per heavy atom. The lowest BCUT2D eigenvalue weighted by Crippen LogP contribution is -2.49. The molecule has 2 aliphatic rings. The van der Waals surface area contributed by atoms with Crippen LogP contribution in [0.3, 0.4) is 0 Å². The number of H-pyrrole nitrogens is 1. The zero-order chi connectivity index (χ0) is 22.3. The smallest absolute Gasteiger partial charge is 0.366 e. The summed E-state index contributed by atoms with van der Waals surface area (Å²) in [6, 6.07) is 2.58. The summed E-state index contributed by atoms with van der Waals surface area (Å²) >= 11 is 0. The molecule has 2 atom stereocenters. The van der Waals surface area contributed by atoms with Gasteiger partial charge in [0.15, 0.2) is 11.2 Å². The van der Waals surface area contributed by atoms with Gasteiger partial charge in [-0.2, -0.15) is 13.2 Å². The van der Waals surface area contributed by atoms with Gasteiger partial charge in [-0.05, 0) is 25.5 Å². The van der Waals surface area contributed by atoms with Gasteiger partial charge in [0, 0.05) is 31.4 Å². The zero-order valence-electron chi connectivity index (χ0n) is 16.4. The largest absolute Gasteiger partial charge is 0.408 e. The van der Waals surface area contributed by atoms with Gasteiger partial charge in [-0.25, -0.2) is 9.78 Å². The molecule has 2 aromatic rings. The van der Waals surface area contributed by atoms with E-state index in [-0.39, 0.29) is 28.8 Å². The first-order valence-electron chi connectivity index (χ1n) is 9.56. The van der Waals surface area contributed by atoms with Gasteiger partial charge in [0.2, 0.25) is 0 Å². The maximum Gasteiger partial charge on any atom is 0.408 e. The Labute approximate surface area is 174 Å². The molecule has 0 radical (unpaired) electrons. The molecule has 0 spiro atoms. The third-order valence-corrected chi connectivity index (χ3v) is 5.26. The van der Waals surface area contributed by atoms with Crippen LogP contribution in [0.4, 0.5) is 35.3 Å². The van der Waals surface area contributed by atoms with Gasteiger partial charge >= 0.3 is 12.2 Å². The number of halogens is 3. The van der Waals surface area contributed by atoms with E-state index in [9.17, 15) is 27.6 Å². The lowest BCUT2D eigenvalue weighted by atomic mass is 10.1. The van der Waals surface area contributed by atoms with Crippen LogP contribution < -0.4 is 25.9 Å². The molecule has 9 nitrogen and oxygen atoms in total. The summed E-state index contributed by atoms with van der Waals surface area (Å²) < 4.78 is 38.4. The predicted octanol–water partition coefficient (Wildman–Crippen LogP) is 2.08. The predicted molar refractivity (Wildman–Crippen MR) is 106 cm³/mol. The van der Waals surface area contributed by atoms with E-state index in [1.165, 1.54) is 29.3 Å². The molecule has 0 aromatic carbocycles. The SMILES string of the molecule is C[C@@H](NC(=O)c1ccc2c(n1)N(C(=O)Nc1cc(=O)cc[nH]1)C1CCN2C1)C(F)(F)F. The van der Waals surface area contributed by atoms with E-state index in [2.05, 4.69) is 15.3 Å². The molecule has 1 unspecified atom stereocenters. The number of amides is 3. The average Bonchev–Trinajstić information content (AvgIpc) is 3.11. The van der Waals surface area contributed by atoms with Crippen molar-refractivity contribution in [1.82, 2.24) is 15.3 Å². The van der Waals surface area contributed by atoms with Crippen LogP contribution in [0.25, 0.3) is 0 Å². The van der Waals surface area contributed by atoms with Crippen molar-refractivity contribution in [3.8, 4) is 0 Å². The molecule has 4 rings (SSSR count). The number of carbonyl (C=O) groups excluding carboxylic acids is 2. The molecule has 12 heteroatoms. The number of carbonyl (C=O) groups is 2. The number of nitrogens with one attached hydrogen (secondary N) is 3. The fourth-order valence-electron chi connectivity index (χ4n) is 3.64. The highest BCUT2D eigenvalue weighted by atomic mass is 19.4. The monoisotopic (exact) mass is 436 g/mol. The van der Waals surface area contributed by atoms with Gasteiger partial charge in [0.1, 0.15) is 17.6 Å². The molecule has 3 N–H and O–H groups in total. The van der Waals surface area contributed by atoms with Gasteiger partial charge in [-0.15, -0.1) is 0 Å². The molecule has 3 amide bonds. The van der Waals surface area contributed by atoms with E-state index in [1.807, 2.05) is 10.2 Å². The second kappa shape index (κ2) is 7.60. The van der Waals surface area contributed by atoms with Crippen LogP contribution in [0.2, 0.25) is 0 Å². The van der Waals surface area contributed by atoms with Gasteiger partial charge in [0.25, 0.3) is 5.91 Å². The van der Waals surface area contributed by atoms with Crippen LogP contribution in [0.1, 0.15) is 23.8 Å². The summed E-state index contributed by atoms with van der Waals surface area (Å²) in [7, 11) is 0. The van der Waals surface area contributed by atoms with Crippen LogP contribution in [-0.4, -0.2) is 53.3 Å². The minimum absolute atomic E-state index is 0.178. The highest BCUT2D eigenvalue weighted by Gasteiger charge is 2.41. The Bertz CT molecular complexity index is 1090. The van der Waals surface area contributed by atoms with Gasteiger partial charge in [-0.3, -0.25) is 19.8 Å². The standard InChI is InChI=1S/C19H19F3N6O3/c1-10(19(20,21)22)24-17(30)13-2-3-14-16(25-13)28(11-5-7-27(14)9-11)18(31)26-15-8-12(29)4-6-23-15/h2-4,6,8,10-11H,5,7,9H2,1H3,(H,24,30)(H2,23,26,29,31)/t10-,11?/m1/s1. The number of hydrogen-bond donors (Lipinski definition) is 3. The number of pyridine rings is 2. The molecule has 31 heavy (non-hydrogen) atoms. The Balaban J connectivity index is 1.64. The van der Waals surface area contributed by atoms with Crippen molar-refractivity contribution in [1.29, 1.82) is 0 Å². The minimum atomic E-state index is -4.59. The minimum Gasteiger partial charge on any atom is -0.366 e. The zero-order valence-corrected chi connectivity index (χ0v) is 16.4. The third-order valence-electron chi connectivity index (χ3n) is 5.26. The molecule has 2 aromatic heterocycles. The van der Waals surface area contributed by atoms with Crippen molar-refractivity contribution in [3.05, 3.63) is 46.4 Å². The summed E-state index contributed by atoms with van der Waals surface area (Å²) in [6.07, 6.45) is -2.54. The molecule has 4 heterocycles. The van der Waals surface area contributed by atoms with E-state index in [0.717, 1.165) is 6.92 Å². The number of aromatic amines is 1. The lowest BCUT2D eigenvalue weighted by Gasteiger charge is -2.35. The molecule has 0 saturated carbocycles. The molecular weight excluding hydrogens is 417 g/mol. The van der Waals surface area contributed by atoms with Crippen LogP contribution >= 0.6 is 0 Å². The first-order valence-corrected chi connectivity index (χ1v) is 9.56. The van der Waals surface area contributed by atoms with Crippen molar-refractivity contribution in [3.63, 3.8) is 0 Å². The second-order valence-electron chi connectivity index (χ2n) is 7.40. The topological polar surface area (TPSA) is 110 Å². The van der Waals surface area contributed by atoms with Crippen LogP contribution in [0.15, 0.2) is 35.3 Å². The molecular formula is C19H19F3N6O3. The van der Waals surface area contributed by atoms with E-state index in [4.69, 9.17) is 0 Å². The maximum absolute atomic E-state index is 13.0. The molecule has 164 valence electrons. The normalized spacial score (nSPS) is 18.4. The van der Waals surface area contributed by atoms with Crippen LogP contribution in [0.5, 0.6) is 0 Å². The lowest BCUT2D eigenvalue weighted by molar-refractivity contribution is -0.149. The number of alkyl halides is 3. The van der Waals surface area contributed by atoms with Gasteiger partial charge in [0.05, 0.1) is 11.7 Å². The summed E-state index contributed by atoms with van der Waals surface area (Å²) in [4.78, 5) is 47.2. The number of anilines is 3. The maximum atomic E-state index is 13.0. The van der Waals surface area contributed by atoms with E-state index < -0.39 is 24.2 Å². The highest BCUT2D eigenvalue weighted by molar-refractivity contribution is 6.05. The molecule has 2 bridgehead atoms. The number of nitrogens with zero attached hydrogens (tertiary/aromatic N) is 3. The number of urea groups is 1. The summed E-state index contributed by atoms with van der Waals surface area (Å²) in [5.41, 5.74) is 0.0742. The van der Waals surface area contributed by atoms with Gasteiger partial charge < -0.3 is 15.2 Å². The summed E-state index contributed by atoms with van der Waals surface area (Å²) in [5, 5.41) is 4.47. The van der Waals surface area contributed by atoms with Crippen LogP contribution in [-0.2, 0) is 0 Å². The van der Waals surface area contributed by atoms with Gasteiger partial charge in [-0.1, -0.05) is 0 Å². The Morgan fingerprint density at radius 1 is 1.29 bits per heavy atom. The van der Waals surface area contributed by atoms with E-state index in [0.29, 0.717) is 25.2 Å². The molecule has 0 aliphatic carbocycles. The average molecular weight is 436 g/mol. The Kier molecular flexibility index (Phi) is 5.07. The molecule has 1 saturated heterocycles. The van der Waals surface area contributed by atoms with Crippen molar-refractivity contribution in [2.45, 2.75) is 31.6 Å². The van der Waals surface area contributed by atoms with Crippen LogP contribution in [0, 0.1) is 0 Å². The van der Waals surface area contributed by atoms with Crippen molar-refractivity contribution in [2.75, 3.05) is 28.2 Å². The number of hydrogen-bond acceptors (Lipinski definition) is 5.